The van der Waals surface area contributed by atoms with E-state index in [4.69, 9.17) is 0 Å². The Kier molecular flexibility index (Phi) is 5.04. The van der Waals surface area contributed by atoms with Crippen molar-refractivity contribution in [1.82, 2.24) is 14.7 Å². The number of likely N-dealkylation sites (tertiary alicyclic amines) is 1. The van der Waals surface area contributed by atoms with Crippen LogP contribution < -0.4 is 0 Å². The Morgan fingerprint density at radius 1 is 1.38 bits per heavy atom. The van der Waals surface area contributed by atoms with Gasteiger partial charge in [-0.1, -0.05) is 13.3 Å². The van der Waals surface area contributed by atoms with Crippen LogP contribution in [0.5, 0.6) is 0 Å². The third-order valence-corrected chi connectivity index (χ3v) is 4.67. The van der Waals surface area contributed by atoms with E-state index in [2.05, 4.69) is 29.9 Å². The van der Waals surface area contributed by atoms with Crippen LogP contribution in [0.4, 0.5) is 0 Å². The Morgan fingerprint density at radius 2 is 2.05 bits per heavy atom. The van der Waals surface area contributed by atoms with Crippen LogP contribution in [-0.2, 0) is 17.9 Å². The molecule has 0 spiro atoms. The van der Waals surface area contributed by atoms with Crippen molar-refractivity contribution >= 4 is 5.97 Å². The highest BCUT2D eigenvalue weighted by atomic mass is 16.4. The number of carboxylic acids is 1. The first kappa shape index (κ1) is 16.0. The highest BCUT2D eigenvalue weighted by molar-refractivity contribution is 5.74. The number of aromatic nitrogens is 2. The van der Waals surface area contributed by atoms with Crippen molar-refractivity contribution in [3.05, 3.63) is 17.5 Å². The normalized spacial score (nSPS) is 18.8. The molecule has 21 heavy (non-hydrogen) atoms. The summed E-state index contributed by atoms with van der Waals surface area (Å²) in [7, 11) is 0. The molecule has 5 nitrogen and oxygen atoms in total. The van der Waals surface area contributed by atoms with Gasteiger partial charge in [0.1, 0.15) is 0 Å². The van der Waals surface area contributed by atoms with E-state index in [1.165, 1.54) is 5.69 Å². The van der Waals surface area contributed by atoms with Crippen LogP contribution in [0.25, 0.3) is 0 Å². The van der Waals surface area contributed by atoms with E-state index < -0.39 is 11.4 Å². The molecule has 1 aliphatic heterocycles. The quantitative estimate of drug-likeness (QED) is 0.876. The van der Waals surface area contributed by atoms with E-state index in [0.29, 0.717) is 0 Å². The Morgan fingerprint density at radius 3 is 2.57 bits per heavy atom. The van der Waals surface area contributed by atoms with Gasteiger partial charge in [-0.05, 0) is 52.3 Å². The number of carbonyl (C=O) groups is 1. The maximum Gasteiger partial charge on any atom is 0.309 e. The van der Waals surface area contributed by atoms with Crippen molar-refractivity contribution < 1.29 is 9.90 Å². The first-order chi connectivity index (χ1) is 10.0. The van der Waals surface area contributed by atoms with Gasteiger partial charge < -0.3 is 5.11 Å². The number of piperidine rings is 1. The molecule has 0 amide bonds. The molecule has 1 aromatic heterocycles. The van der Waals surface area contributed by atoms with Crippen LogP contribution in [-0.4, -0.2) is 38.8 Å². The summed E-state index contributed by atoms with van der Waals surface area (Å²) in [6.07, 6.45) is 3.25. The molecule has 1 N–H and O–H groups in total. The van der Waals surface area contributed by atoms with Crippen molar-refractivity contribution in [3.8, 4) is 0 Å². The van der Waals surface area contributed by atoms with Gasteiger partial charge in [0.2, 0.25) is 0 Å². The minimum Gasteiger partial charge on any atom is -0.481 e. The molecule has 0 atom stereocenters. The SMILES string of the molecule is CCCC1(C(=O)O)CCN(Cc2cc(C)nn2CC)CC1. The molecule has 0 radical (unpaired) electrons. The molecule has 5 heteroatoms. The molecule has 0 unspecified atom stereocenters. The summed E-state index contributed by atoms with van der Waals surface area (Å²) < 4.78 is 2.04. The molecular weight excluding hydrogens is 266 g/mol. The topological polar surface area (TPSA) is 58.4 Å². The molecule has 2 rings (SSSR count). The highest BCUT2D eigenvalue weighted by Crippen LogP contribution is 2.36. The molecular formula is C16H27N3O2. The zero-order valence-electron chi connectivity index (χ0n) is 13.4. The maximum absolute atomic E-state index is 11.6. The fourth-order valence-corrected chi connectivity index (χ4v) is 3.42. The lowest BCUT2D eigenvalue weighted by Crippen LogP contribution is -2.44. The summed E-state index contributed by atoms with van der Waals surface area (Å²) >= 11 is 0. The summed E-state index contributed by atoms with van der Waals surface area (Å²) in [5, 5.41) is 14.0. The third-order valence-electron chi connectivity index (χ3n) is 4.67. The Hall–Kier alpha value is -1.36. The smallest absolute Gasteiger partial charge is 0.309 e. The number of aryl methyl sites for hydroxylation is 2. The van der Waals surface area contributed by atoms with Crippen molar-refractivity contribution in [3.63, 3.8) is 0 Å². The van der Waals surface area contributed by atoms with Gasteiger partial charge in [-0.15, -0.1) is 0 Å². The van der Waals surface area contributed by atoms with Crippen molar-refractivity contribution in [2.24, 2.45) is 5.41 Å². The largest absolute Gasteiger partial charge is 0.481 e. The Balaban J connectivity index is 1.99. The van der Waals surface area contributed by atoms with Crippen LogP contribution in [0, 0.1) is 12.3 Å². The molecule has 1 aromatic rings. The van der Waals surface area contributed by atoms with Gasteiger partial charge >= 0.3 is 5.97 Å². The van der Waals surface area contributed by atoms with Crippen LogP contribution in [0.2, 0.25) is 0 Å². The van der Waals surface area contributed by atoms with Crippen LogP contribution >= 0.6 is 0 Å². The summed E-state index contributed by atoms with van der Waals surface area (Å²) in [5.41, 5.74) is 1.79. The second-order valence-corrected chi connectivity index (χ2v) is 6.20. The van der Waals surface area contributed by atoms with E-state index in [1.54, 1.807) is 0 Å². The summed E-state index contributed by atoms with van der Waals surface area (Å²) in [5.74, 6) is -0.613. The molecule has 0 aliphatic carbocycles. The summed E-state index contributed by atoms with van der Waals surface area (Å²) in [4.78, 5) is 14.0. The second kappa shape index (κ2) is 6.60. The van der Waals surface area contributed by atoms with E-state index >= 15 is 0 Å². The first-order valence-corrected chi connectivity index (χ1v) is 8.00. The summed E-state index contributed by atoms with van der Waals surface area (Å²) in [6.45, 7) is 9.66. The number of aliphatic carboxylic acids is 1. The van der Waals surface area contributed by atoms with E-state index in [0.717, 1.165) is 57.6 Å². The Labute approximate surface area is 126 Å². The van der Waals surface area contributed by atoms with Gasteiger partial charge in [-0.2, -0.15) is 5.10 Å². The average molecular weight is 293 g/mol. The molecule has 0 aromatic carbocycles. The monoisotopic (exact) mass is 293 g/mol. The number of nitrogens with zero attached hydrogens (tertiary/aromatic N) is 3. The molecule has 1 saturated heterocycles. The minimum absolute atomic E-state index is 0.494. The van der Waals surface area contributed by atoms with E-state index in [-0.39, 0.29) is 0 Å². The van der Waals surface area contributed by atoms with Gasteiger partial charge in [0.15, 0.2) is 0 Å². The standard InChI is InChI=1S/C16H27N3O2/c1-4-6-16(15(20)21)7-9-18(10-8-16)12-14-11-13(3)17-19(14)5-2/h11H,4-10,12H2,1-3H3,(H,20,21). The van der Waals surface area contributed by atoms with Gasteiger partial charge in [0.05, 0.1) is 16.8 Å². The second-order valence-electron chi connectivity index (χ2n) is 6.20. The van der Waals surface area contributed by atoms with Gasteiger partial charge in [-0.3, -0.25) is 14.4 Å². The molecule has 1 aliphatic rings. The predicted octanol–water partition coefficient (Wildman–Crippen LogP) is 2.68. The van der Waals surface area contributed by atoms with Crippen molar-refractivity contribution in [1.29, 1.82) is 0 Å². The molecule has 0 bridgehead atoms. The van der Waals surface area contributed by atoms with Gasteiger partial charge in [0.25, 0.3) is 0 Å². The van der Waals surface area contributed by atoms with Crippen LogP contribution in [0.15, 0.2) is 6.07 Å². The lowest BCUT2D eigenvalue weighted by atomic mass is 9.75. The Bertz CT molecular complexity index is 488. The zero-order chi connectivity index (χ0) is 15.5. The average Bonchev–Trinajstić information content (AvgIpc) is 2.81. The highest BCUT2D eigenvalue weighted by Gasteiger charge is 2.40. The van der Waals surface area contributed by atoms with Crippen LogP contribution in [0.1, 0.15) is 50.9 Å². The predicted molar refractivity (Wildman–Crippen MR) is 82.1 cm³/mol. The van der Waals surface area contributed by atoms with Crippen molar-refractivity contribution in [2.45, 2.75) is 59.5 Å². The zero-order valence-corrected chi connectivity index (χ0v) is 13.4. The number of hydrogen-bond acceptors (Lipinski definition) is 3. The summed E-state index contributed by atoms with van der Waals surface area (Å²) in [6, 6.07) is 2.13. The number of rotatable bonds is 6. The van der Waals surface area contributed by atoms with Gasteiger partial charge in [-0.25, -0.2) is 0 Å². The van der Waals surface area contributed by atoms with E-state index in [9.17, 15) is 9.90 Å². The molecule has 118 valence electrons. The number of carboxylic acid groups (broad SMARTS) is 1. The molecule has 0 saturated carbocycles. The molecule has 2 heterocycles. The lowest BCUT2D eigenvalue weighted by Gasteiger charge is -2.38. The number of hydrogen-bond donors (Lipinski definition) is 1. The first-order valence-electron chi connectivity index (χ1n) is 8.00. The maximum atomic E-state index is 11.6. The third kappa shape index (κ3) is 3.46. The van der Waals surface area contributed by atoms with Crippen molar-refractivity contribution in [2.75, 3.05) is 13.1 Å². The van der Waals surface area contributed by atoms with E-state index in [1.807, 2.05) is 11.6 Å². The van der Waals surface area contributed by atoms with Gasteiger partial charge in [0, 0.05) is 13.1 Å². The fraction of sp³-hybridized carbons (Fsp3) is 0.750. The molecule has 1 fully saturated rings. The fourth-order valence-electron chi connectivity index (χ4n) is 3.42. The lowest BCUT2D eigenvalue weighted by molar-refractivity contribution is -0.152. The minimum atomic E-state index is -0.613. The van der Waals surface area contributed by atoms with Crippen LogP contribution in [0.3, 0.4) is 0 Å².